The lowest BCUT2D eigenvalue weighted by molar-refractivity contribution is 0.379. The fourth-order valence-electron chi connectivity index (χ4n) is 4.09. The van der Waals surface area contributed by atoms with Crippen LogP contribution in [0.25, 0.3) is 0 Å². The molecule has 16 heavy (non-hydrogen) atoms. The summed E-state index contributed by atoms with van der Waals surface area (Å²) in [5, 5.41) is 0. The van der Waals surface area contributed by atoms with Gasteiger partial charge in [0.1, 0.15) is 0 Å². The highest BCUT2D eigenvalue weighted by Gasteiger charge is 2.27. The third-order valence-corrected chi connectivity index (χ3v) is 5.44. The molecular formula is C16H30. The maximum absolute atomic E-state index is 2.37. The summed E-state index contributed by atoms with van der Waals surface area (Å²) in [5.74, 6) is 4.37. The lowest BCUT2D eigenvalue weighted by Crippen LogP contribution is -2.01. The molecular weight excluding hydrogens is 192 g/mol. The van der Waals surface area contributed by atoms with Gasteiger partial charge >= 0.3 is 0 Å². The van der Waals surface area contributed by atoms with Gasteiger partial charge in [0.2, 0.25) is 0 Å². The minimum absolute atomic E-state index is 1.08. The van der Waals surface area contributed by atoms with Gasteiger partial charge in [-0.15, -0.1) is 0 Å². The van der Waals surface area contributed by atoms with Gasteiger partial charge in [-0.3, -0.25) is 0 Å². The molecule has 4 atom stereocenters. The second-order valence-corrected chi connectivity index (χ2v) is 6.48. The Balaban J connectivity index is 1.61. The van der Waals surface area contributed by atoms with E-state index < -0.39 is 0 Å². The van der Waals surface area contributed by atoms with Crippen LogP contribution < -0.4 is 0 Å². The normalized spacial score (nSPS) is 39.4. The first-order chi connectivity index (χ1) is 7.81. The van der Waals surface area contributed by atoms with Crippen LogP contribution in [0.5, 0.6) is 0 Å². The molecule has 0 N–H and O–H groups in total. The van der Waals surface area contributed by atoms with Gasteiger partial charge in [-0.2, -0.15) is 0 Å². The minimum atomic E-state index is 1.08. The first-order valence-electron chi connectivity index (χ1n) is 7.81. The molecule has 0 spiro atoms. The van der Waals surface area contributed by atoms with Crippen LogP contribution in [0.3, 0.4) is 0 Å². The SMILES string of the molecule is CCC1CC[C@H](CC[C@@H]2CCC(CC)C2)C1. The van der Waals surface area contributed by atoms with Crippen LogP contribution in [-0.4, -0.2) is 0 Å². The van der Waals surface area contributed by atoms with Gasteiger partial charge < -0.3 is 0 Å². The fourth-order valence-corrected chi connectivity index (χ4v) is 4.09. The third kappa shape index (κ3) is 3.25. The molecule has 0 aromatic rings. The molecule has 0 amide bonds. The van der Waals surface area contributed by atoms with Gasteiger partial charge in [-0.05, 0) is 36.5 Å². The zero-order chi connectivity index (χ0) is 11.4. The van der Waals surface area contributed by atoms with Gasteiger partial charge in [0, 0.05) is 0 Å². The average Bonchev–Trinajstić information content (AvgIpc) is 2.95. The highest BCUT2D eigenvalue weighted by molar-refractivity contribution is 4.79. The Morgan fingerprint density at radius 2 is 1.00 bits per heavy atom. The number of rotatable bonds is 5. The molecule has 0 aromatic heterocycles. The van der Waals surface area contributed by atoms with Crippen LogP contribution >= 0.6 is 0 Å². The first kappa shape index (κ1) is 12.5. The van der Waals surface area contributed by atoms with Gasteiger partial charge in [0.05, 0.1) is 0 Å². The minimum Gasteiger partial charge on any atom is -0.0651 e. The monoisotopic (exact) mass is 222 g/mol. The largest absolute Gasteiger partial charge is 0.0651 e. The molecule has 0 radical (unpaired) electrons. The predicted molar refractivity (Wildman–Crippen MR) is 71.5 cm³/mol. The Kier molecular flexibility index (Phi) is 4.73. The van der Waals surface area contributed by atoms with Crippen molar-refractivity contribution in [1.82, 2.24) is 0 Å². The Hall–Kier alpha value is 0. The summed E-state index contributed by atoms with van der Waals surface area (Å²) in [6, 6.07) is 0. The smallest absolute Gasteiger partial charge is 0.0411 e. The molecule has 2 fully saturated rings. The lowest BCUT2D eigenvalue weighted by atomic mass is 9.92. The second kappa shape index (κ2) is 6.07. The maximum atomic E-state index is 2.37. The number of hydrogen-bond acceptors (Lipinski definition) is 0. The maximum Gasteiger partial charge on any atom is -0.0411 e. The Morgan fingerprint density at radius 1 is 0.625 bits per heavy atom. The fraction of sp³-hybridized carbons (Fsp3) is 1.00. The Labute approximate surface area is 102 Å². The van der Waals surface area contributed by atoms with Crippen molar-refractivity contribution in [2.45, 2.75) is 78.1 Å². The topological polar surface area (TPSA) is 0 Å². The van der Waals surface area contributed by atoms with E-state index in [9.17, 15) is 0 Å². The first-order valence-corrected chi connectivity index (χ1v) is 7.81. The summed E-state index contributed by atoms with van der Waals surface area (Å²) in [6.07, 6.45) is 15.2. The highest BCUT2D eigenvalue weighted by atomic mass is 14.3. The van der Waals surface area contributed by atoms with Crippen molar-refractivity contribution in [2.24, 2.45) is 23.7 Å². The van der Waals surface area contributed by atoms with E-state index in [-0.39, 0.29) is 0 Å². The number of hydrogen-bond donors (Lipinski definition) is 0. The zero-order valence-corrected chi connectivity index (χ0v) is 11.4. The summed E-state index contributed by atoms with van der Waals surface area (Å²) in [4.78, 5) is 0. The van der Waals surface area contributed by atoms with Gasteiger partial charge in [0.25, 0.3) is 0 Å². The van der Waals surface area contributed by atoms with E-state index in [1.54, 1.807) is 38.5 Å². The Bertz CT molecular complexity index is 174. The van der Waals surface area contributed by atoms with Gasteiger partial charge in [0.15, 0.2) is 0 Å². The van der Waals surface area contributed by atoms with Crippen molar-refractivity contribution in [2.75, 3.05) is 0 Å². The molecule has 2 saturated carbocycles. The Morgan fingerprint density at radius 3 is 1.31 bits per heavy atom. The molecule has 2 unspecified atom stereocenters. The van der Waals surface area contributed by atoms with Crippen LogP contribution in [0.2, 0.25) is 0 Å². The van der Waals surface area contributed by atoms with E-state index in [0.29, 0.717) is 0 Å². The average molecular weight is 222 g/mol. The van der Waals surface area contributed by atoms with E-state index >= 15 is 0 Å². The summed E-state index contributed by atoms with van der Waals surface area (Å²) < 4.78 is 0. The van der Waals surface area contributed by atoms with Crippen molar-refractivity contribution >= 4 is 0 Å². The van der Waals surface area contributed by atoms with E-state index in [0.717, 1.165) is 23.7 Å². The quantitative estimate of drug-likeness (QED) is 0.582. The van der Waals surface area contributed by atoms with E-state index in [1.165, 1.54) is 25.7 Å². The van der Waals surface area contributed by atoms with Crippen molar-refractivity contribution in [3.63, 3.8) is 0 Å². The van der Waals surface area contributed by atoms with Crippen LogP contribution in [0, 0.1) is 23.7 Å². The lowest BCUT2D eigenvalue weighted by Gasteiger charge is -2.14. The molecule has 0 aromatic carbocycles. The highest BCUT2D eigenvalue weighted by Crippen LogP contribution is 2.40. The van der Waals surface area contributed by atoms with Gasteiger partial charge in [-0.25, -0.2) is 0 Å². The molecule has 0 bridgehead atoms. The second-order valence-electron chi connectivity index (χ2n) is 6.48. The molecule has 2 aliphatic carbocycles. The van der Waals surface area contributed by atoms with E-state index in [4.69, 9.17) is 0 Å². The summed E-state index contributed by atoms with van der Waals surface area (Å²) in [6.45, 7) is 4.74. The molecule has 2 aliphatic rings. The molecule has 0 aliphatic heterocycles. The molecule has 94 valence electrons. The molecule has 0 heterocycles. The van der Waals surface area contributed by atoms with Crippen molar-refractivity contribution < 1.29 is 0 Å². The van der Waals surface area contributed by atoms with Crippen LogP contribution in [0.1, 0.15) is 78.1 Å². The predicted octanol–water partition coefficient (Wildman–Crippen LogP) is 5.42. The standard InChI is InChI=1S/C16H30/c1-3-13-5-7-15(11-13)9-10-16-8-6-14(4-2)12-16/h13-16H,3-12H2,1-2H3/t13?,14?,15-,16+. The van der Waals surface area contributed by atoms with E-state index in [2.05, 4.69) is 13.8 Å². The third-order valence-electron chi connectivity index (χ3n) is 5.44. The molecule has 0 saturated heterocycles. The van der Waals surface area contributed by atoms with Crippen molar-refractivity contribution in [1.29, 1.82) is 0 Å². The van der Waals surface area contributed by atoms with Crippen LogP contribution in [0.15, 0.2) is 0 Å². The van der Waals surface area contributed by atoms with Crippen molar-refractivity contribution in [3.05, 3.63) is 0 Å². The van der Waals surface area contributed by atoms with E-state index in [1.807, 2.05) is 0 Å². The summed E-state index contributed by atoms with van der Waals surface area (Å²) in [5.41, 5.74) is 0. The summed E-state index contributed by atoms with van der Waals surface area (Å²) in [7, 11) is 0. The zero-order valence-electron chi connectivity index (χ0n) is 11.4. The molecule has 0 heteroatoms. The molecule has 2 rings (SSSR count). The van der Waals surface area contributed by atoms with Crippen molar-refractivity contribution in [3.8, 4) is 0 Å². The molecule has 0 nitrogen and oxygen atoms in total. The summed E-state index contributed by atoms with van der Waals surface area (Å²) >= 11 is 0. The van der Waals surface area contributed by atoms with Gasteiger partial charge in [-0.1, -0.05) is 65.2 Å². The van der Waals surface area contributed by atoms with Crippen LogP contribution in [-0.2, 0) is 0 Å². The van der Waals surface area contributed by atoms with Crippen LogP contribution in [0.4, 0.5) is 0 Å².